The van der Waals surface area contributed by atoms with Crippen molar-refractivity contribution in [3.8, 4) is 0 Å². The Hall–Kier alpha value is -0.580. The van der Waals surface area contributed by atoms with Crippen molar-refractivity contribution in [2.75, 3.05) is 5.32 Å². The number of rotatable bonds is 4. The first-order valence-corrected chi connectivity index (χ1v) is 6.27. The van der Waals surface area contributed by atoms with Gasteiger partial charge in [0.05, 0.1) is 0 Å². The topological polar surface area (TPSA) is 29.1 Å². The average Bonchev–Trinajstić information content (AvgIpc) is 2.19. The molecule has 0 heterocycles. The second-order valence-corrected chi connectivity index (χ2v) is 4.86. The van der Waals surface area contributed by atoms with Crippen molar-refractivity contribution in [3.05, 3.63) is 27.3 Å². The highest BCUT2D eigenvalue weighted by Crippen LogP contribution is 2.17. The van der Waals surface area contributed by atoms with Gasteiger partial charge in [0.15, 0.2) is 0 Å². The van der Waals surface area contributed by atoms with E-state index < -0.39 is 0 Å². The summed E-state index contributed by atoms with van der Waals surface area (Å²) in [5.74, 6) is 0.112. The van der Waals surface area contributed by atoms with Gasteiger partial charge in [-0.1, -0.05) is 13.3 Å². The van der Waals surface area contributed by atoms with Gasteiger partial charge in [-0.2, -0.15) is 0 Å². The van der Waals surface area contributed by atoms with Crippen LogP contribution in [0.5, 0.6) is 0 Å². The van der Waals surface area contributed by atoms with Crippen LogP contribution in [0.3, 0.4) is 0 Å². The Morgan fingerprint density at radius 3 is 2.80 bits per heavy atom. The Bertz CT molecular complexity index is 349. The summed E-state index contributed by atoms with van der Waals surface area (Å²) in [7, 11) is 0. The van der Waals surface area contributed by atoms with Crippen molar-refractivity contribution in [2.24, 2.45) is 0 Å². The molecule has 1 aromatic rings. The number of unbranched alkanes of at least 4 members (excludes halogenated alkanes) is 1. The van der Waals surface area contributed by atoms with Crippen LogP contribution in [0.2, 0.25) is 0 Å². The molecule has 0 saturated heterocycles. The molecule has 2 nitrogen and oxygen atoms in total. The van der Waals surface area contributed by atoms with Gasteiger partial charge in [0.1, 0.15) is 0 Å². The summed E-state index contributed by atoms with van der Waals surface area (Å²) >= 11 is 2.27. The molecular weight excluding hydrogens is 301 g/mol. The molecule has 0 bridgehead atoms. The predicted octanol–water partition coefficient (Wildman–Crippen LogP) is 3.73. The molecule has 1 N–H and O–H groups in total. The number of amides is 1. The quantitative estimate of drug-likeness (QED) is 0.843. The molecule has 0 atom stereocenters. The molecule has 3 heteroatoms. The van der Waals surface area contributed by atoms with E-state index in [0.29, 0.717) is 6.42 Å². The molecule has 1 aromatic carbocycles. The molecule has 0 radical (unpaired) electrons. The Labute approximate surface area is 105 Å². The van der Waals surface area contributed by atoms with E-state index in [4.69, 9.17) is 0 Å². The third kappa shape index (κ3) is 4.20. The van der Waals surface area contributed by atoms with Gasteiger partial charge >= 0.3 is 0 Å². The maximum atomic E-state index is 11.5. The SMILES string of the molecule is CCCCC(=O)Nc1ccc(I)cc1C. The first-order valence-electron chi connectivity index (χ1n) is 5.19. The van der Waals surface area contributed by atoms with Crippen molar-refractivity contribution >= 4 is 34.2 Å². The van der Waals surface area contributed by atoms with E-state index in [2.05, 4.69) is 40.9 Å². The summed E-state index contributed by atoms with van der Waals surface area (Å²) in [5.41, 5.74) is 2.04. The van der Waals surface area contributed by atoms with Gasteiger partial charge in [-0.3, -0.25) is 4.79 Å². The Balaban J connectivity index is 2.60. The minimum absolute atomic E-state index is 0.112. The zero-order valence-electron chi connectivity index (χ0n) is 9.14. The maximum absolute atomic E-state index is 11.5. The molecule has 0 fully saturated rings. The first kappa shape index (κ1) is 12.5. The normalized spacial score (nSPS) is 10.1. The molecular formula is C12H16INO. The summed E-state index contributed by atoms with van der Waals surface area (Å²) in [5, 5.41) is 2.93. The smallest absolute Gasteiger partial charge is 0.224 e. The van der Waals surface area contributed by atoms with Crippen LogP contribution < -0.4 is 5.32 Å². The number of nitrogens with one attached hydrogen (secondary N) is 1. The maximum Gasteiger partial charge on any atom is 0.224 e. The molecule has 0 aliphatic rings. The highest BCUT2D eigenvalue weighted by Gasteiger charge is 2.03. The third-order valence-electron chi connectivity index (χ3n) is 2.22. The lowest BCUT2D eigenvalue weighted by Gasteiger charge is -2.08. The monoisotopic (exact) mass is 317 g/mol. The van der Waals surface area contributed by atoms with Crippen molar-refractivity contribution in [2.45, 2.75) is 33.1 Å². The van der Waals surface area contributed by atoms with Crippen LogP contribution >= 0.6 is 22.6 Å². The number of benzene rings is 1. The molecule has 15 heavy (non-hydrogen) atoms. The molecule has 0 saturated carbocycles. The van der Waals surface area contributed by atoms with Crippen LogP contribution in [-0.4, -0.2) is 5.91 Å². The molecule has 0 aliphatic carbocycles. The van der Waals surface area contributed by atoms with Crippen molar-refractivity contribution in [3.63, 3.8) is 0 Å². The fourth-order valence-electron chi connectivity index (χ4n) is 1.32. The Morgan fingerprint density at radius 2 is 2.20 bits per heavy atom. The average molecular weight is 317 g/mol. The van der Waals surface area contributed by atoms with Crippen molar-refractivity contribution in [1.29, 1.82) is 0 Å². The predicted molar refractivity (Wildman–Crippen MR) is 72.1 cm³/mol. The van der Waals surface area contributed by atoms with Crippen LogP contribution in [-0.2, 0) is 4.79 Å². The van der Waals surface area contributed by atoms with E-state index in [1.54, 1.807) is 0 Å². The standard InChI is InChI=1S/C12H16INO/c1-3-4-5-12(15)14-11-7-6-10(13)8-9(11)2/h6-8H,3-5H2,1-2H3,(H,14,15). The number of halogens is 1. The van der Waals surface area contributed by atoms with Crippen LogP contribution in [0.15, 0.2) is 18.2 Å². The zero-order valence-corrected chi connectivity index (χ0v) is 11.3. The largest absolute Gasteiger partial charge is 0.326 e. The van der Waals surface area contributed by atoms with Crippen LogP contribution in [0, 0.1) is 10.5 Å². The number of hydrogen-bond donors (Lipinski definition) is 1. The lowest BCUT2D eigenvalue weighted by Crippen LogP contribution is -2.11. The number of aryl methyl sites for hydroxylation is 1. The van der Waals surface area contributed by atoms with E-state index in [1.807, 2.05) is 19.1 Å². The van der Waals surface area contributed by atoms with Crippen molar-refractivity contribution in [1.82, 2.24) is 0 Å². The third-order valence-corrected chi connectivity index (χ3v) is 2.89. The fourth-order valence-corrected chi connectivity index (χ4v) is 1.96. The van der Waals surface area contributed by atoms with Crippen LogP contribution in [0.25, 0.3) is 0 Å². The molecule has 0 unspecified atom stereocenters. The first-order chi connectivity index (χ1) is 7.13. The highest BCUT2D eigenvalue weighted by atomic mass is 127. The summed E-state index contributed by atoms with van der Waals surface area (Å²) in [6.45, 7) is 4.10. The minimum atomic E-state index is 0.112. The van der Waals surface area contributed by atoms with E-state index in [1.165, 1.54) is 3.57 Å². The van der Waals surface area contributed by atoms with Gasteiger partial charge in [0.2, 0.25) is 5.91 Å². The van der Waals surface area contributed by atoms with Gasteiger partial charge in [0, 0.05) is 15.7 Å². The van der Waals surface area contributed by atoms with Crippen LogP contribution in [0.1, 0.15) is 31.7 Å². The lowest BCUT2D eigenvalue weighted by atomic mass is 10.2. The highest BCUT2D eigenvalue weighted by molar-refractivity contribution is 14.1. The fraction of sp³-hybridized carbons (Fsp3) is 0.417. The molecule has 0 aliphatic heterocycles. The van der Waals surface area contributed by atoms with Gasteiger partial charge in [-0.15, -0.1) is 0 Å². The van der Waals surface area contributed by atoms with E-state index >= 15 is 0 Å². The second-order valence-electron chi connectivity index (χ2n) is 3.61. The molecule has 0 aromatic heterocycles. The van der Waals surface area contributed by atoms with Gasteiger partial charge in [-0.05, 0) is 59.7 Å². The summed E-state index contributed by atoms with van der Waals surface area (Å²) in [4.78, 5) is 11.5. The van der Waals surface area contributed by atoms with E-state index in [-0.39, 0.29) is 5.91 Å². The number of carbonyl (C=O) groups is 1. The summed E-state index contributed by atoms with van der Waals surface area (Å²) in [6, 6.07) is 6.03. The summed E-state index contributed by atoms with van der Waals surface area (Å²) in [6.07, 6.45) is 2.62. The van der Waals surface area contributed by atoms with Gasteiger partial charge < -0.3 is 5.32 Å². The summed E-state index contributed by atoms with van der Waals surface area (Å²) < 4.78 is 1.19. The minimum Gasteiger partial charge on any atom is -0.326 e. The van der Waals surface area contributed by atoms with E-state index in [9.17, 15) is 4.79 Å². The second kappa shape index (κ2) is 6.10. The Morgan fingerprint density at radius 1 is 1.47 bits per heavy atom. The van der Waals surface area contributed by atoms with Crippen molar-refractivity contribution < 1.29 is 4.79 Å². The number of hydrogen-bond acceptors (Lipinski definition) is 1. The Kier molecular flexibility index (Phi) is 5.08. The van der Waals surface area contributed by atoms with Gasteiger partial charge in [0.25, 0.3) is 0 Å². The lowest BCUT2D eigenvalue weighted by molar-refractivity contribution is -0.116. The van der Waals surface area contributed by atoms with E-state index in [0.717, 1.165) is 24.1 Å². The molecule has 0 spiro atoms. The van der Waals surface area contributed by atoms with Gasteiger partial charge in [-0.25, -0.2) is 0 Å². The molecule has 1 rings (SSSR count). The number of anilines is 1. The number of carbonyl (C=O) groups excluding carboxylic acids is 1. The molecule has 1 amide bonds. The molecule has 82 valence electrons. The van der Waals surface area contributed by atoms with Crippen LogP contribution in [0.4, 0.5) is 5.69 Å². The zero-order chi connectivity index (χ0) is 11.3.